The van der Waals surface area contributed by atoms with Gasteiger partial charge in [0.15, 0.2) is 0 Å². The van der Waals surface area contributed by atoms with E-state index < -0.39 is 0 Å². The first-order valence-electron chi connectivity index (χ1n) is 4.87. The molecule has 1 N–H and O–H groups in total. The second kappa shape index (κ2) is 7.46. The predicted octanol–water partition coefficient (Wildman–Crippen LogP) is 3.37. The maximum Gasteiger partial charge on any atom is 0.123 e. The first kappa shape index (κ1) is 13.3. The highest BCUT2D eigenvalue weighted by molar-refractivity contribution is 14.1. The first-order valence-corrected chi connectivity index (χ1v) is 7.19. The summed E-state index contributed by atoms with van der Waals surface area (Å²) in [4.78, 5) is 0. The zero-order chi connectivity index (χ0) is 11.1. The second-order valence-corrected chi connectivity index (χ2v) is 5.17. The van der Waals surface area contributed by atoms with Crippen molar-refractivity contribution >= 4 is 38.5 Å². The molecule has 0 radical (unpaired) electrons. The van der Waals surface area contributed by atoms with Gasteiger partial charge in [0.05, 0.1) is 7.11 Å². The minimum absolute atomic E-state index is 0.860. The monoisotopic (exact) mass is 383 g/mol. The summed E-state index contributed by atoms with van der Waals surface area (Å²) in [7, 11) is 1.71. The molecular formula is C11H15BrINO. The van der Waals surface area contributed by atoms with Crippen LogP contribution in [0.2, 0.25) is 0 Å². The molecule has 0 spiro atoms. The van der Waals surface area contributed by atoms with Gasteiger partial charge in [-0.05, 0) is 31.2 Å². The zero-order valence-corrected chi connectivity index (χ0v) is 12.5. The van der Waals surface area contributed by atoms with Crippen molar-refractivity contribution in [2.24, 2.45) is 0 Å². The second-order valence-electron chi connectivity index (χ2n) is 3.18. The van der Waals surface area contributed by atoms with E-state index in [1.54, 1.807) is 7.11 Å². The molecule has 0 atom stereocenters. The summed E-state index contributed by atoms with van der Waals surface area (Å²) < 4.78 is 7.58. The van der Waals surface area contributed by atoms with Gasteiger partial charge in [0.25, 0.3) is 0 Å². The molecule has 1 aromatic rings. The summed E-state index contributed by atoms with van der Waals surface area (Å²) in [6.45, 7) is 1.91. The van der Waals surface area contributed by atoms with E-state index >= 15 is 0 Å². The van der Waals surface area contributed by atoms with Crippen molar-refractivity contribution in [2.45, 2.75) is 13.0 Å². The maximum absolute atomic E-state index is 5.30. The van der Waals surface area contributed by atoms with Crippen molar-refractivity contribution in [1.29, 1.82) is 0 Å². The number of rotatable bonds is 6. The molecule has 1 rings (SSSR count). The summed E-state index contributed by atoms with van der Waals surface area (Å²) in [5.41, 5.74) is 1.19. The van der Waals surface area contributed by atoms with Crippen molar-refractivity contribution in [3.63, 3.8) is 0 Å². The van der Waals surface area contributed by atoms with Crippen molar-refractivity contribution < 1.29 is 4.74 Å². The van der Waals surface area contributed by atoms with Gasteiger partial charge in [0.2, 0.25) is 0 Å². The molecule has 0 aliphatic carbocycles. The van der Waals surface area contributed by atoms with Crippen molar-refractivity contribution in [3.05, 3.63) is 28.2 Å². The lowest BCUT2D eigenvalue weighted by Gasteiger charge is -2.09. The van der Waals surface area contributed by atoms with Crippen LogP contribution in [0.5, 0.6) is 5.75 Å². The third-order valence-corrected chi connectivity index (χ3v) is 3.30. The Morgan fingerprint density at radius 1 is 1.47 bits per heavy atom. The largest absolute Gasteiger partial charge is 0.496 e. The number of nitrogens with one attached hydrogen (secondary N) is 1. The van der Waals surface area contributed by atoms with E-state index in [4.69, 9.17) is 4.74 Å². The number of methoxy groups -OCH3 is 1. The van der Waals surface area contributed by atoms with Crippen LogP contribution < -0.4 is 10.1 Å². The summed E-state index contributed by atoms with van der Waals surface area (Å²) in [5.74, 6) is 0.945. The van der Waals surface area contributed by atoms with Gasteiger partial charge in [-0.15, -0.1) is 0 Å². The zero-order valence-electron chi connectivity index (χ0n) is 8.72. The smallest absolute Gasteiger partial charge is 0.123 e. The summed E-state index contributed by atoms with van der Waals surface area (Å²) in [6.07, 6.45) is 1.21. The van der Waals surface area contributed by atoms with Crippen molar-refractivity contribution in [1.82, 2.24) is 5.32 Å². The summed E-state index contributed by atoms with van der Waals surface area (Å²) in [5, 5.41) is 3.40. The molecule has 0 aliphatic rings. The molecule has 0 bridgehead atoms. The molecule has 0 amide bonds. The first-order chi connectivity index (χ1) is 7.27. The highest BCUT2D eigenvalue weighted by atomic mass is 127. The lowest BCUT2D eigenvalue weighted by molar-refractivity contribution is 0.407. The standard InChI is InChI=1S/C11H15BrINO/c1-15-11-4-3-10(12)7-9(11)8-14-6-2-5-13/h3-4,7,14H,2,5-6,8H2,1H3. The molecule has 2 nitrogen and oxygen atoms in total. The maximum atomic E-state index is 5.30. The van der Waals surface area contributed by atoms with Crippen LogP contribution >= 0.6 is 38.5 Å². The molecule has 0 unspecified atom stereocenters. The average Bonchev–Trinajstić information content (AvgIpc) is 2.25. The van der Waals surface area contributed by atoms with Gasteiger partial charge in [-0.3, -0.25) is 0 Å². The Bertz CT molecular complexity index is 307. The molecule has 15 heavy (non-hydrogen) atoms. The number of hydrogen-bond donors (Lipinski definition) is 1. The third-order valence-electron chi connectivity index (χ3n) is 2.05. The number of ether oxygens (including phenoxy) is 1. The minimum Gasteiger partial charge on any atom is -0.496 e. The predicted molar refractivity (Wildman–Crippen MR) is 75.9 cm³/mol. The van der Waals surface area contributed by atoms with E-state index in [1.165, 1.54) is 16.4 Å². The molecule has 0 saturated heterocycles. The van der Waals surface area contributed by atoms with Crippen molar-refractivity contribution in [3.8, 4) is 5.75 Å². The Morgan fingerprint density at radius 3 is 2.93 bits per heavy atom. The van der Waals surface area contributed by atoms with Crippen LogP contribution in [-0.2, 0) is 6.54 Å². The fourth-order valence-electron chi connectivity index (χ4n) is 1.30. The number of benzene rings is 1. The number of alkyl halides is 1. The van der Waals surface area contributed by atoms with Gasteiger partial charge in [0.1, 0.15) is 5.75 Å². The van der Waals surface area contributed by atoms with Crippen LogP contribution in [0.15, 0.2) is 22.7 Å². The van der Waals surface area contributed by atoms with E-state index in [-0.39, 0.29) is 0 Å². The van der Waals surface area contributed by atoms with Crippen LogP contribution in [0.25, 0.3) is 0 Å². The molecule has 4 heteroatoms. The van der Waals surface area contributed by atoms with E-state index in [1.807, 2.05) is 12.1 Å². The molecule has 1 aromatic carbocycles. The fourth-order valence-corrected chi connectivity index (χ4v) is 2.09. The van der Waals surface area contributed by atoms with E-state index in [0.29, 0.717) is 0 Å². The van der Waals surface area contributed by atoms with Gasteiger partial charge in [0, 0.05) is 21.0 Å². The lowest BCUT2D eigenvalue weighted by atomic mass is 10.2. The van der Waals surface area contributed by atoms with Crippen LogP contribution in [0.4, 0.5) is 0 Å². The Kier molecular flexibility index (Phi) is 6.59. The molecular weight excluding hydrogens is 369 g/mol. The van der Waals surface area contributed by atoms with Gasteiger partial charge >= 0.3 is 0 Å². The minimum atomic E-state index is 0.860. The average molecular weight is 384 g/mol. The quantitative estimate of drug-likeness (QED) is 0.462. The van der Waals surface area contributed by atoms with Crippen LogP contribution in [0.3, 0.4) is 0 Å². The summed E-state index contributed by atoms with van der Waals surface area (Å²) in [6, 6.07) is 6.07. The number of halogens is 2. The van der Waals surface area contributed by atoms with Gasteiger partial charge in [-0.2, -0.15) is 0 Å². The highest BCUT2D eigenvalue weighted by Crippen LogP contribution is 2.22. The Morgan fingerprint density at radius 2 is 2.27 bits per heavy atom. The topological polar surface area (TPSA) is 21.3 Å². The van der Waals surface area contributed by atoms with Crippen LogP contribution in [-0.4, -0.2) is 18.1 Å². The van der Waals surface area contributed by atoms with E-state index in [2.05, 4.69) is 49.9 Å². The molecule has 0 heterocycles. The van der Waals surface area contributed by atoms with Gasteiger partial charge in [-0.25, -0.2) is 0 Å². The van der Waals surface area contributed by atoms with Crippen molar-refractivity contribution in [2.75, 3.05) is 18.1 Å². The van der Waals surface area contributed by atoms with Crippen LogP contribution in [0, 0.1) is 0 Å². The molecule has 0 aromatic heterocycles. The molecule has 0 aliphatic heterocycles. The molecule has 84 valence electrons. The summed E-state index contributed by atoms with van der Waals surface area (Å²) >= 11 is 5.85. The van der Waals surface area contributed by atoms with Gasteiger partial charge < -0.3 is 10.1 Å². The highest BCUT2D eigenvalue weighted by Gasteiger charge is 2.02. The SMILES string of the molecule is COc1ccc(Br)cc1CNCCCI. The van der Waals surface area contributed by atoms with E-state index in [0.717, 1.165) is 23.3 Å². The molecule has 0 fully saturated rings. The van der Waals surface area contributed by atoms with Crippen LogP contribution in [0.1, 0.15) is 12.0 Å². The Balaban J connectivity index is 2.54. The Hall–Kier alpha value is 0.190. The van der Waals surface area contributed by atoms with Gasteiger partial charge in [-0.1, -0.05) is 38.5 Å². The normalized spacial score (nSPS) is 10.3. The fraction of sp³-hybridized carbons (Fsp3) is 0.455. The number of hydrogen-bond acceptors (Lipinski definition) is 2. The van der Waals surface area contributed by atoms with E-state index in [9.17, 15) is 0 Å². The Labute approximate surface area is 113 Å². The lowest BCUT2D eigenvalue weighted by Crippen LogP contribution is -2.15. The molecule has 0 saturated carbocycles. The third kappa shape index (κ3) is 4.70.